The normalized spacial score (nSPS) is 11.2. The Morgan fingerprint density at radius 2 is 2.04 bits per heavy atom. The maximum atomic E-state index is 11.4. The Morgan fingerprint density at radius 3 is 2.69 bits per heavy atom. The van der Waals surface area contributed by atoms with Gasteiger partial charge in [0, 0.05) is 17.5 Å². The number of nitrogens with zero attached hydrogens (tertiary/aromatic N) is 3. The van der Waals surface area contributed by atoms with Crippen molar-refractivity contribution in [2.24, 2.45) is 5.73 Å². The number of carbonyl (C=O) groups excluding carboxylic acids is 1. The van der Waals surface area contributed by atoms with Gasteiger partial charge < -0.3 is 5.73 Å². The van der Waals surface area contributed by atoms with E-state index in [-0.39, 0.29) is 5.69 Å². The first-order valence-corrected chi connectivity index (χ1v) is 8.62. The van der Waals surface area contributed by atoms with Crippen molar-refractivity contribution in [3.05, 3.63) is 71.3 Å². The average Bonchev–Trinajstić information content (AvgIpc) is 3.04. The highest BCUT2D eigenvalue weighted by Gasteiger charge is 2.11. The predicted octanol–water partition coefficient (Wildman–Crippen LogP) is 3.94. The number of pyridine rings is 1. The molecule has 0 radical (unpaired) electrons. The summed E-state index contributed by atoms with van der Waals surface area (Å²) in [5, 5.41) is 4.30. The van der Waals surface area contributed by atoms with Crippen LogP contribution in [0, 0.1) is 6.92 Å². The fraction of sp³-hybridized carbons (Fsp3) is 0.190. The molecule has 0 saturated carbocycles. The minimum absolute atomic E-state index is 0.263. The Labute approximate surface area is 153 Å². The van der Waals surface area contributed by atoms with Crippen molar-refractivity contribution in [3.63, 3.8) is 0 Å². The molecule has 0 unspecified atom stereocenters. The summed E-state index contributed by atoms with van der Waals surface area (Å²) in [6.45, 7) is 6.02. The smallest absolute Gasteiger partial charge is 0.269 e. The molecule has 2 aromatic heterocycles. The molecular weight excluding hydrogens is 324 g/mol. The van der Waals surface area contributed by atoms with Gasteiger partial charge in [-0.05, 0) is 61.7 Å². The summed E-state index contributed by atoms with van der Waals surface area (Å²) in [7, 11) is 0. The summed E-state index contributed by atoms with van der Waals surface area (Å²) in [5.74, 6) is -0.528. The van der Waals surface area contributed by atoms with Gasteiger partial charge in [-0.1, -0.05) is 25.1 Å². The molecule has 0 aliphatic rings. The van der Waals surface area contributed by atoms with Crippen molar-refractivity contribution < 1.29 is 4.79 Å². The topological polar surface area (TPSA) is 73.8 Å². The van der Waals surface area contributed by atoms with E-state index in [2.05, 4.69) is 23.1 Å². The third-order valence-electron chi connectivity index (χ3n) is 4.27. The minimum Gasteiger partial charge on any atom is -0.364 e. The van der Waals surface area contributed by atoms with Crippen molar-refractivity contribution in [2.75, 3.05) is 0 Å². The van der Waals surface area contributed by atoms with Gasteiger partial charge in [-0.3, -0.25) is 9.78 Å². The zero-order valence-electron chi connectivity index (χ0n) is 15.2. The molecule has 2 heterocycles. The second-order valence-corrected chi connectivity index (χ2v) is 6.12. The van der Waals surface area contributed by atoms with Crippen LogP contribution in [0.2, 0.25) is 0 Å². The van der Waals surface area contributed by atoms with Gasteiger partial charge in [0.1, 0.15) is 0 Å². The molecule has 1 aromatic carbocycles. The minimum atomic E-state index is -0.528. The van der Waals surface area contributed by atoms with Crippen LogP contribution in [-0.2, 0) is 6.42 Å². The molecule has 0 atom stereocenters. The standard InChI is InChI=1S/C21H22N4O/c1-4-7-19-15(5-2)11-17(13-23-19)16-8-6-9-18(12-16)25-14(3)10-20(24-25)21(22)26/h4,6-13H,5H2,1-3H3,(H2,22,26)/b7-4-. The fourth-order valence-corrected chi connectivity index (χ4v) is 2.94. The Morgan fingerprint density at radius 1 is 1.23 bits per heavy atom. The number of hydrogen-bond donors (Lipinski definition) is 1. The lowest BCUT2D eigenvalue weighted by atomic mass is 10.0. The van der Waals surface area contributed by atoms with Gasteiger partial charge >= 0.3 is 0 Å². The van der Waals surface area contributed by atoms with E-state index in [9.17, 15) is 4.79 Å². The number of carbonyl (C=O) groups is 1. The van der Waals surface area contributed by atoms with E-state index >= 15 is 0 Å². The molecule has 0 bridgehead atoms. The number of hydrogen-bond acceptors (Lipinski definition) is 3. The second-order valence-electron chi connectivity index (χ2n) is 6.12. The van der Waals surface area contributed by atoms with Crippen molar-refractivity contribution >= 4 is 12.0 Å². The third-order valence-corrected chi connectivity index (χ3v) is 4.27. The number of allylic oxidation sites excluding steroid dienone is 1. The van der Waals surface area contributed by atoms with Crippen LogP contribution in [-0.4, -0.2) is 20.7 Å². The van der Waals surface area contributed by atoms with Crippen LogP contribution in [0.3, 0.4) is 0 Å². The van der Waals surface area contributed by atoms with Crippen LogP contribution >= 0.6 is 0 Å². The monoisotopic (exact) mass is 346 g/mol. The summed E-state index contributed by atoms with van der Waals surface area (Å²) in [4.78, 5) is 16.0. The van der Waals surface area contributed by atoms with Gasteiger partial charge in [-0.15, -0.1) is 0 Å². The van der Waals surface area contributed by atoms with Crippen LogP contribution in [0.15, 0.2) is 48.7 Å². The van der Waals surface area contributed by atoms with Crippen LogP contribution < -0.4 is 5.73 Å². The Bertz CT molecular complexity index is 985. The quantitative estimate of drug-likeness (QED) is 0.760. The van der Waals surface area contributed by atoms with Crippen molar-refractivity contribution in [3.8, 4) is 16.8 Å². The van der Waals surface area contributed by atoms with E-state index in [1.54, 1.807) is 10.7 Å². The zero-order valence-corrected chi connectivity index (χ0v) is 15.2. The highest BCUT2D eigenvalue weighted by molar-refractivity contribution is 5.90. The molecule has 2 N–H and O–H groups in total. The maximum Gasteiger partial charge on any atom is 0.269 e. The van der Waals surface area contributed by atoms with E-state index in [0.717, 1.165) is 34.6 Å². The van der Waals surface area contributed by atoms with Gasteiger partial charge in [-0.25, -0.2) is 4.68 Å². The number of nitrogens with two attached hydrogens (primary N) is 1. The summed E-state index contributed by atoms with van der Waals surface area (Å²) in [5.41, 5.74) is 11.6. The molecular formula is C21H22N4O. The number of rotatable bonds is 5. The van der Waals surface area contributed by atoms with Gasteiger partial charge in [-0.2, -0.15) is 5.10 Å². The van der Waals surface area contributed by atoms with Crippen LogP contribution in [0.1, 0.15) is 41.3 Å². The molecule has 26 heavy (non-hydrogen) atoms. The third kappa shape index (κ3) is 3.42. The summed E-state index contributed by atoms with van der Waals surface area (Å²) in [6.07, 6.45) is 6.83. The molecule has 0 spiro atoms. The molecule has 3 rings (SSSR count). The number of aromatic nitrogens is 3. The van der Waals surface area contributed by atoms with E-state index in [4.69, 9.17) is 5.73 Å². The van der Waals surface area contributed by atoms with Gasteiger partial charge in [0.25, 0.3) is 5.91 Å². The predicted molar refractivity (Wildman–Crippen MR) is 104 cm³/mol. The molecule has 0 fully saturated rings. The first kappa shape index (κ1) is 17.6. The molecule has 3 aromatic rings. The lowest BCUT2D eigenvalue weighted by Crippen LogP contribution is -2.12. The van der Waals surface area contributed by atoms with Crippen molar-refractivity contribution in [2.45, 2.75) is 27.2 Å². The highest BCUT2D eigenvalue weighted by atomic mass is 16.1. The number of amides is 1. The number of aryl methyl sites for hydroxylation is 2. The SMILES string of the molecule is C/C=C\c1ncc(-c2cccc(-n3nc(C(N)=O)cc3C)c2)cc1CC. The van der Waals surface area contributed by atoms with Gasteiger partial charge in [0.15, 0.2) is 5.69 Å². The van der Waals surface area contributed by atoms with Gasteiger partial charge in [0.2, 0.25) is 0 Å². The molecule has 5 nitrogen and oxygen atoms in total. The molecule has 0 saturated heterocycles. The first-order chi connectivity index (χ1) is 12.5. The largest absolute Gasteiger partial charge is 0.364 e. The maximum absolute atomic E-state index is 11.4. The number of primary amides is 1. The fourth-order valence-electron chi connectivity index (χ4n) is 2.94. The molecule has 132 valence electrons. The zero-order chi connectivity index (χ0) is 18.7. The Hall–Kier alpha value is -3.21. The summed E-state index contributed by atoms with van der Waals surface area (Å²) >= 11 is 0. The number of benzene rings is 1. The van der Waals surface area contributed by atoms with E-state index in [1.807, 2.05) is 56.5 Å². The second kappa shape index (κ2) is 7.35. The van der Waals surface area contributed by atoms with E-state index in [0.29, 0.717) is 0 Å². The Kier molecular flexibility index (Phi) is 4.98. The highest BCUT2D eigenvalue weighted by Crippen LogP contribution is 2.25. The lowest BCUT2D eigenvalue weighted by molar-refractivity contribution is 0.0995. The molecule has 0 aliphatic carbocycles. The van der Waals surface area contributed by atoms with E-state index in [1.165, 1.54) is 5.56 Å². The summed E-state index contributed by atoms with van der Waals surface area (Å²) < 4.78 is 1.73. The van der Waals surface area contributed by atoms with E-state index < -0.39 is 5.91 Å². The van der Waals surface area contributed by atoms with Gasteiger partial charge in [0.05, 0.1) is 11.4 Å². The van der Waals surface area contributed by atoms with Crippen LogP contribution in [0.25, 0.3) is 22.9 Å². The van der Waals surface area contributed by atoms with Crippen molar-refractivity contribution in [1.29, 1.82) is 0 Å². The van der Waals surface area contributed by atoms with Crippen LogP contribution in [0.5, 0.6) is 0 Å². The Balaban J connectivity index is 2.04. The average molecular weight is 346 g/mol. The van der Waals surface area contributed by atoms with Crippen LogP contribution in [0.4, 0.5) is 0 Å². The molecule has 1 amide bonds. The lowest BCUT2D eigenvalue weighted by Gasteiger charge is -2.10. The van der Waals surface area contributed by atoms with Crippen molar-refractivity contribution in [1.82, 2.24) is 14.8 Å². The molecule has 5 heteroatoms. The molecule has 0 aliphatic heterocycles. The first-order valence-electron chi connectivity index (χ1n) is 8.62. The summed E-state index contributed by atoms with van der Waals surface area (Å²) in [6, 6.07) is 11.9.